The second-order valence-corrected chi connectivity index (χ2v) is 24.9. The molecule has 0 radical (unpaired) electrons. The van der Waals surface area contributed by atoms with Crippen LogP contribution in [0.3, 0.4) is 0 Å². The molecule has 0 saturated carbocycles. The van der Waals surface area contributed by atoms with E-state index in [2.05, 4.69) is 320 Å². The molecular formula is C93H60N4O2. The maximum atomic E-state index is 6.52. The fourth-order valence-corrected chi connectivity index (χ4v) is 14.3. The van der Waals surface area contributed by atoms with Crippen LogP contribution in [0.1, 0.15) is 0 Å². The van der Waals surface area contributed by atoms with Crippen molar-refractivity contribution in [1.29, 1.82) is 0 Å². The summed E-state index contributed by atoms with van der Waals surface area (Å²) in [5, 5.41) is 4.14. The summed E-state index contributed by atoms with van der Waals surface area (Å²) in [7, 11) is 0. The Kier molecular flexibility index (Phi) is 14.8. The van der Waals surface area contributed by atoms with Crippen LogP contribution >= 0.6 is 0 Å². The molecule has 0 spiro atoms. The maximum absolute atomic E-state index is 6.52. The summed E-state index contributed by atoms with van der Waals surface area (Å²) in [6, 6.07) is 129. The summed E-state index contributed by atoms with van der Waals surface area (Å²) in [6.07, 6.45) is 0. The Morgan fingerprint density at radius 1 is 0.192 bits per heavy atom. The van der Waals surface area contributed by atoms with Gasteiger partial charge in [0.25, 0.3) is 0 Å². The molecule has 0 unspecified atom stereocenters. The topological polar surface area (TPSA) is 68.2 Å². The number of rotatable bonds is 14. The van der Waals surface area contributed by atoms with Crippen molar-refractivity contribution < 1.29 is 8.83 Å². The highest BCUT2D eigenvalue weighted by Gasteiger charge is 2.27. The molecular weight excluding hydrogens is 1210 g/mol. The fraction of sp³-hybridized carbons (Fsp3) is 0. The van der Waals surface area contributed by atoms with E-state index in [-0.39, 0.29) is 0 Å². The zero-order chi connectivity index (χ0) is 65.6. The Morgan fingerprint density at radius 3 is 0.838 bits per heavy atom. The minimum atomic E-state index is 0.504. The first-order valence-electron chi connectivity index (χ1n) is 33.5. The lowest BCUT2D eigenvalue weighted by Crippen LogP contribution is -2.13. The smallest absolute Gasteiger partial charge is 0.164 e. The van der Waals surface area contributed by atoms with E-state index in [1.165, 1.54) is 22.3 Å². The van der Waals surface area contributed by atoms with Gasteiger partial charge in [-0.15, -0.1) is 0 Å². The number of hydrogen-bond donors (Lipinski definition) is 0. The Labute approximate surface area is 573 Å². The van der Waals surface area contributed by atoms with Gasteiger partial charge in [0.2, 0.25) is 0 Å². The quantitative estimate of drug-likeness (QED) is 0.108. The highest BCUT2D eigenvalue weighted by Crippen LogP contribution is 2.51. The average molecular weight is 1270 g/mol. The number of hydrogen-bond acceptors (Lipinski definition) is 6. The number of furan rings is 2. The summed E-state index contributed by atoms with van der Waals surface area (Å²) < 4.78 is 13.0. The van der Waals surface area contributed by atoms with Gasteiger partial charge in [-0.25, -0.2) is 15.0 Å². The number of aromatic nitrogens is 3. The van der Waals surface area contributed by atoms with Gasteiger partial charge >= 0.3 is 0 Å². The van der Waals surface area contributed by atoms with Gasteiger partial charge in [0, 0.05) is 60.7 Å². The van der Waals surface area contributed by atoms with Crippen LogP contribution in [0, 0.1) is 0 Å². The van der Waals surface area contributed by atoms with E-state index in [1.54, 1.807) is 0 Å². The third kappa shape index (κ3) is 10.9. The average Bonchev–Trinajstić information content (AvgIpc) is 1.67. The first kappa shape index (κ1) is 58.3. The Balaban J connectivity index is 0.866. The zero-order valence-electron chi connectivity index (χ0n) is 53.7. The maximum Gasteiger partial charge on any atom is 0.164 e. The normalized spacial score (nSPS) is 11.4. The second kappa shape index (κ2) is 25.1. The minimum absolute atomic E-state index is 0.504. The lowest BCUT2D eigenvalue weighted by atomic mass is 9.87. The van der Waals surface area contributed by atoms with Crippen LogP contribution in [-0.2, 0) is 0 Å². The predicted octanol–water partition coefficient (Wildman–Crippen LogP) is 25.5. The number of anilines is 3. The molecule has 464 valence electrons. The first-order chi connectivity index (χ1) is 49.1. The molecule has 0 bridgehead atoms. The van der Waals surface area contributed by atoms with Crippen molar-refractivity contribution in [3.63, 3.8) is 0 Å². The van der Waals surface area contributed by atoms with Crippen LogP contribution in [0.5, 0.6) is 0 Å². The van der Waals surface area contributed by atoms with Gasteiger partial charge in [-0.3, -0.25) is 0 Å². The molecule has 18 aromatic rings. The summed E-state index contributed by atoms with van der Waals surface area (Å²) in [6.45, 7) is 0. The molecule has 18 rings (SSSR count). The van der Waals surface area contributed by atoms with Crippen molar-refractivity contribution in [2.24, 2.45) is 0 Å². The molecule has 0 aliphatic heterocycles. The summed E-state index contributed by atoms with van der Waals surface area (Å²) in [5.41, 5.74) is 26.2. The van der Waals surface area contributed by atoms with Gasteiger partial charge in [0.05, 0.1) is 5.69 Å². The highest BCUT2D eigenvalue weighted by molar-refractivity contribution is 6.08. The molecule has 0 aliphatic rings. The number of nitrogens with zero attached hydrogens (tertiary/aromatic N) is 4. The van der Waals surface area contributed by atoms with Crippen LogP contribution in [-0.4, -0.2) is 15.0 Å². The molecule has 15 aromatic carbocycles. The van der Waals surface area contributed by atoms with E-state index in [1.807, 2.05) is 48.5 Å². The van der Waals surface area contributed by atoms with Crippen molar-refractivity contribution in [3.8, 4) is 123 Å². The lowest BCUT2D eigenvalue weighted by Gasteiger charge is -2.31. The molecule has 0 atom stereocenters. The molecule has 99 heavy (non-hydrogen) atoms. The van der Waals surface area contributed by atoms with E-state index in [0.29, 0.717) is 17.5 Å². The summed E-state index contributed by atoms with van der Waals surface area (Å²) in [4.78, 5) is 18.8. The molecule has 0 fully saturated rings. The van der Waals surface area contributed by atoms with Crippen LogP contribution in [0.15, 0.2) is 373 Å². The summed E-state index contributed by atoms with van der Waals surface area (Å²) in [5.74, 6) is 1.51. The van der Waals surface area contributed by atoms with Crippen molar-refractivity contribution in [1.82, 2.24) is 15.0 Å². The molecule has 6 nitrogen and oxygen atoms in total. The largest absolute Gasteiger partial charge is 0.456 e. The number of para-hydroxylation sites is 2. The van der Waals surface area contributed by atoms with Gasteiger partial charge in [-0.1, -0.05) is 291 Å². The Morgan fingerprint density at radius 2 is 0.475 bits per heavy atom. The predicted molar refractivity (Wildman–Crippen MR) is 409 cm³/mol. The van der Waals surface area contributed by atoms with Crippen LogP contribution in [0.4, 0.5) is 17.1 Å². The van der Waals surface area contributed by atoms with Crippen molar-refractivity contribution >= 4 is 60.9 Å². The molecule has 0 saturated heterocycles. The van der Waals surface area contributed by atoms with Gasteiger partial charge < -0.3 is 13.7 Å². The molecule has 0 amide bonds. The summed E-state index contributed by atoms with van der Waals surface area (Å²) >= 11 is 0. The Hall–Kier alpha value is -13.3. The van der Waals surface area contributed by atoms with Gasteiger partial charge in [-0.05, 0) is 151 Å². The van der Waals surface area contributed by atoms with Crippen molar-refractivity contribution in [3.05, 3.63) is 364 Å². The molecule has 3 aromatic heterocycles. The second-order valence-electron chi connectivity index (χ2n) is 24.9. The van der Waals surface area contributed by atoms with Gasteiger partial charge in [-0.2, -0.15) is 0 Å². The van der Waals surface area contributed by atoms with Gasteiger partial charge in [0.1, 0.15) is 22.3 Å². The van der Waals surface area contributed by atoms with E-state index in [4.69, 9.17) is 23.8 Å². The standard InChI is InChI=1S/C93H60N4O2/c1-7-25-61(26-8-1)74-39-23-41-76(88(74)67-33-15-5-16-34-67)65-45-51-72(52-46-65)97(73-53-47-66(48-54-73)77-42-24-40-75(62-27-9-2-10-28-62)89(77)68-35-17-6-18-36-68)90-82(63-29-11-3-12-30-63)57-71(58-83(90)64-31-13-4-14-32-64)93-95-91(69-49-55-80-78-37-19-21-43-84(78)98-86(80)59-69)94-92(96-93)70-50-56-81-79-38-20-22-44-85(79)99-87(81)60-70/h1-60H. The lowest BCUT2D eigenvalue weighted by molar-refractivity contribution is 0.668. The van der Waals surface area contributed by atoms with E-state index < -0.39 is 0 Å². The van der Waals surface area contributed by atoms with Crippen LogP contribution < -0.4 is 4.90 Å². The van der Waals surface area contributed by atoms with Crippen LogP contribution in [0.25, 0.3) is 167 Å². The third-order valence-corrected chi connectivity index (χ3v) is 19.0. The number of benzene rings is 15. The van der Waals surface area contributed by atoms with Gasteiger partial charge in [0.15, 0.2) is 17.5 Å². The van der Waals surface area contributed by atoms with Crippen LogP contribution in [0.2, 0.25) is 0 Å². The third-order valence-electron chi connectivity index (χ3n) is 19.0. The SMILES string of the molecule is c1ccc(-c2cccc(-c3ccc(N(c4ccc(-c5cccc(-c6ccccc6)c5-c5ccccc5)cc4)c4c(-c5ccccc5)cc(-c5nc(-c6ccc7c(c6)oc6ccccc67)nc(-c6ccc7c(c6)oc6ccccc67)n5)cc4-c4ccccc4)cc3)c2-c2ccccc2)cc1. The molecule has 0 N–H and O–H groups in total. The minimum Gasteiger partial charge on any atom is -0.456 e. The first-order valence-corrected chi connectivity index (χ1v) is 33.5. The highest BCUT2D eigenvalue weighted by atomic mass is 16.3. The number of fused-ring (bicyclic) bond motifs is 6. The van der Waals surface area contributed by atoms with E-state index in [9.17, 15) is 0 Å². The van der Waals surface area contributed by atoms with Crippen molar-refractivity contribution in [2.45, 2.75) is 0 Å². The zero-order valence-corrected chi connectivity index (χ0v) is 53.7. The van der Waals surface area contributed by atoms with Crippen molar-refractivity contribution in [2.75, 3.05) is 4.90 Å². The Bertz CT molecular complexity index is 5630. The molecule has 6 heteroatoms. The monoisotopic (exact) mass is 1260 g/mol. The van der Waals surface area contributed by atoms with E-state index in [0.717, 1.165) is 144 Å². The molecule has 0 aliphatic carbocycles. The molecule has 3 heterocycles. The fourth-order valence-electron chi connectivity index (χ4n) is 14.3. The van der Waals surface area contributed by atoms with E-state index >= 15 is 0 Å².